The van der Waals surface area contributed by atoms with Crippen molar-refractivity contribution in [2.75, 3.05) is 6.61 Å². The number of aliphatic carboxylic acids is 1. The van der Waals surface area contributed by atoms with E-state index in [1.165, 1.54) is 6.92 Å². The Kier molecular flexibility index (Phi) is 12.2. The molecule has 94 valence electrons. The number of carbonyl (C=O) groups is 2. The number of esters is 1. The van der Waals surface area contributed by atoms with Gasteiger partial charge in [0.1, 0.15) is 0 Å². The van der Waals surface area contributed by atoms with Crippen molar-refractivity contribution in [3.05, 3.63) is 24.8 Å². The van der Waals surface area contributed by atoms with Gasteiger partial charge >= 0.3 is 11.9 Å². The van der Waals surface area contributed by atoms with Crippen LogP contribution >= 0.6 is 0 Å². The molecule has 0 aromatic carbocycles. The quantitative estimate of drug-likeness (QED) is 0.435. The van der Waals surface area contributed by atoms with E-state index < -0.39 is 11.9 Å². The van der Waals surface area contributed by atoms with Gasteiger partial charge in [-0.05, 0) is 19.8 Å². The maximum absolute atomic E-state index is 10.4. The van der Waals surface area contributed by atoms with Crippen LogP contribution in [0.15, 0.2) is 24.8 Å². The van der Waals surface area contributed by atoms with Crippen LogP contribution < -0.4 is 0 Å². The molecule has 0 atom stereocenters. The van der Waals surface area contributed by atoms with Crippen molar-refractivity contribution in [2.24, 2.45) is 0 Å². The first kappa shape index (κ1) is 17.3. The average Bonchev–Trinajstić information content (AvgIpc) is 2.29. The van der Waals surface area contributed by atoms with Crippen LogP contribution in [0, 0.1) is 11.3 Å². The number of hydrogen-bond donors (Lipinski definition) is 1. The summed E-state index contributed by atoms with van der Waals surface area (Å²) < 4.78 is 4.67. The summed E-state index contributed by atoms with van der Waals surface area (Å²) >= 11 is 0. The fourth-order valence-electron chi connectivity index (χ4n) is 0.538. The highest BCUT2D eigenvalue weighted by Crippen LogP contribution is 1.94. The standard InChI is InChI=1S/C8H11NO2.C4H6O2/c1-2-8(10)11-7-5-3-4-6-9;1-3(2)4(5)6/h2H,1,3-5,7H2;1H2,2H3,(H,5,6). The molecule has 0 bridgehead atoms. The molecule has 0 amide bonds. The van der Waals surface area contributed by atoms with E-state index in [4.69, 9.17) is 10.4 Å². The minimum Gasteiger partial charge on any atom is -0.478 e. The van der Waals surface area contributed by atoms with Gasteiger partial charge in [0.25, 0.3) is 0 Å². The van der Waals surface area contributed by atoms with Gasteiger partial charge in [0.2, 0.25) is 0 Å². The van der Waals surface area contributed by atoms with E-state index in [-0.39, 0.29) is 5.57 Å². The third-order valence-corrected chi connectivity index (χ3v) is 1.46. The molecule has 0 radical (unpaired) electrons. The molecule has 0 heterocycles. The number of hydrogen-bond acceptors (Lipinski definition) is 4. The van der Waals surface area contributed by atoms with Gasteiger partial charge < -0.3 is 9.84 Å². The Morgan fingerprint density at radius 2 is 2.00 bits per heavy atom. The lowest BCUT2D eigenvalue weighted by Gasteiger charge is -1.98. The van der Waals surface area contributed by atoms with Crippen LogP contribution in [0.1, 0.15) is 26.2 Å². The molecule has 0 aromatic heterocycles. The van der Waals surface area contributed by atoms with E-state index >= 15 is 0 Å². The average molecular weight is 239 g/mol. The lowest BCUT2D eigenvalue weighted by atomic mass is 10.3. The number of nitrogens with zero attached hydrogens (tertiary/aromatic N) is 1. The Labute approximate surface area is 101 Å². The number of carboxylic acid groups (broad SMARTS) is 1. The van der Waals surface area contributed by atoms with Crippen LogP contribution in [-0.4, -0.2) is 23.7 Å². The highest BCUT2D eigenvalue weighted by Gasteiger charge is 1.93. The Morgan fingerprint density at radius 1 is 1.47 bits per heavy atom. The van der Waals surface area contributed by atoms with Crippen molar-refractivity contribution >= 4 is 11.9 Å². The van der Waals surface area contributed by atoms with E-state index in [1.54, 1.807) is 0 Å². The zero-order chi connectivity index (χ0) is 13.7. The van der Waals surface area contributed by atoms with Gasteiger partial charge in [-0.2, -0.15) is 5.26 Å². The Bertz CT molecular complexity index is 303. The summed E-state index contributed by atoms with van der Waals surface area (Å²) in [5, 5.41) is 16.0. The molecule has 0 aromatic rings. The van der Waals surface area contributed by atoms with Crippen LogP contribution in [0.25, 0.3) is 0 Å². The molecule has 5 heteroatoms. The normalized spacial score (nSPS) is 8.00. The monoisotopic (exact) mass is 239 g/mol. The van der Waals surface area contributed by atoms with Crippen LogP contribution in [0.5, 0.6) is 0 Å². The Morgan fingerprint density at radius 3 is 2.35 bits per heavy atom. The zero-order valence-electron chi connectivity index (χ0n) is 9.94. The second-order valence-electron chi connectivity index (χ2n) is 3.07. The molecule has 17 heavy (non-hydrogen) atoms. The fraction of sp³-hybridized carbons (Fsp3) is 0.417. The van der Waals surface area contributed by atoms with E-state index in [0.717, 1.165) is 18.9 Å². The molecule has 0 aliphatic carbocycles. The molecule has 0 aliphatic rings. The largest absolute Gasteiger partial charge is 0.478 e. The lowest BCUT2D eigenvalue weighted by molar-refractivity contribution is -0.138. The van der Waals surface area contributed by atoms with E-state index in [9.17, 15) is 9.59 Å². The lowest BCUT2D eigenvalue weighted by Crippen LogP contribution is -2.01. The topological polar surface area (TPSA) is 87.4 Å². The van der Waals surface area contributed by atoms with Crippen LogP contribution in [0.3, 0.4) is 0 Å². The minimum absolute atomic E-state index is 0.176. The predicted molar refractivity (Wildman–Crippen MR) is 63.1 cm³/mol. The van der Waals surface area contributed by atoms with Crippen LogP contribution in [-0.2, 0) is 14.3 Å². The maximum atomic E-state index is 10.4. The van der Waals surface area contributed by atoms with Gasteiger partial charge in [0.05, 0.1) is 12.7 Å². The molecule has 1 N–H and O–H groups in total. The van der Waals surface area contributed by atoms with E-state index in [1.807, 2.05) is 6.07 Å². The second-order valence-corrected chi connectivity index (χ2v) is 3.07. The van der Waals surface area contributed by atoms with Crippen molar-refractivity contribution in [3.8, 4) is 6.07 Å². The van der Waals surface area contributed by atoms with Crippen molar-refractivity contribution in [1.29, 1.82) is 5.26 Å². The first-order valence-corrected chi connectivity index (χ1v) is 5.00. The third kappa shape index (κ3) is 16.6. The molecule has 5 nitrogen and oxygen atoms in total. The summed E-state index contributed by atoms with van der Waals surface area (Å²) in [6.07, 6.45) is 3.17. The fourth-order valence-corrected chi connectivity index (χ4v) is 0.538. The van der Waals surface area contributed by atoms with Gasteiger partial charge in [-0.15, -0.1) is 0 Å². The van der Waals surface area contributed by atoms with Gasteiger partial charge in [0, 0.05) is 18.1 Å². The van der Waals surface area contributed by atoms with Crippen LogP contribution in [0.2, 0.25) is 0 Å². The van der Waals surface area contributed by atoms with Crippen molar-refractivity contribution in [1.82, 2.24) is 0 Å². The highest BCUT2D eigenvalue weighted by atomic mass is 16.5. The molecule has 0 rings (SSSR count). The third-order valence-electron chi connectivity index (χ3n) is 1.46. The smallest absolute Gasteiger partial charge is 0.330 e. The summed E-state index contributed by atoms with van der Waals surface area (Å²) in [4.78, 5) is 20.0. The second kappa shape index (κ2) is 12.0. The molecule has 0 saturated heterocycles. The Balaban J connectivity index is 0. The number of carboxylic acids is 1. The van der Waals surface area contributed by atoms with Gasteiger partial charge in [-0.25, -0.2) is 9.59 Å². The van der Waals surface area contributed by atoms with Gasteiger partial charge in [-0.1, -0.05) is 13.2 Å². The summed E-state index contributed by atoms with van der Waals surface area (Å²) in [5.41, 5.74) is 0.176. The molecule has 0 unspecified atom stereocenters. The summed E-state index contributed by atoms with van der Waals surface area (Å²) in [5.74, 6) is -1.34. The molecular formula is C12H17NO4. The molecule has 0 aliphatic heterocycles. The Hall–Kier alpha value is -2.09. The number of unbranched alkanes of at least 4 members (excludes halogenated alkanes) is 2. The van der Waals surface area contributed by atoms with Crippen LogP contribution in [0.4, 0.5) is 0 Å². The molecule has 0 fully saturated rings. The highest BCUT2D eigenvalue weighted by molar-refractivity contribution is 5.84. The number of rotatable bonds is 6. The first-order valence-electron chi connectivity index (χ1n) is 5.00. The van der Waals surface area contributed by atoms with Gasteiger partial charge in [-0.3, -0.25) is 0 Å². The minimum atomic E-state index is -0.935. The van der Waals surface area contributed by atoms with Crippen molar-refractivity contribution in [3.63, 3.8) is 0 Å². The van der Waals surface area contributed by atoms with Gasteiger partial charge in [0.15, 0.2) is 0 Å². The number of carbonyl (C=O) groups excluding carboxylic acids is 1. The molecule has 0 saturated carbocycles. The summed E-state index contributed by atoms with van der Waals surface area (Å²) in [6.45, 7) is 8.23. The van der Waals surface area contributed by atoms with Crippen molar-refractivity contribution in [2.45, 2.75) is 26.2 Å². The van der Waals surface area contributed by atoms with E-state index in [2.05, 4.69) is 17.9 Å². The van der Waals surface area contributed by atoms with E-state index in [0.29, 0.717) is 13.0 Å². The summed E-state index contributed by atoms with van der Waals surface area (Å²) in [6, 6.07) is 2.01. The SMILES string of the molecule is C=C(C)C(=O)O.C=CC(=O)OCCCCC#N. The summed E-state index contributed by atoms with van der Waals surface area (Å²) in [7, 11) is 0. The zero-order valence-corrected chi connectivity index (χ0v) is 9.94. The molecule has 0 spiro atoms. The molecular weight excluding hydrogens is 222 g/mol. The maximum Gasteiger partial charge on any atom is 0.330 e. The van der Waals surface area contributed by atoms with Crippen molar-refractivity contribution < 1.29 is 19.4 Å². The first-order chi connectivity index (χ1) is 7.95. The number of nitriles is 1. The predicted octanol–water partition coefficient (Wildman–Crippen LogP) is 2.06. The number of ether oxygens (including phenoxy) is 1.